The summed E-state index contributed by atoms with van der Waals surface area (Å²) in [5.41, 5.74) is 1.92. The molecule has 0 bridgehead atoms. The van der Waals surface area contributed by atoms with Crippen LogP contribution in [0.5, 0.6) is 17.2 Å². The molecule has 2 aliphatic heterocycles. The minimum Gasteiger partial charge on any atom is -0.454 e. The first kappa shape index (κ1) is 11.3. The quantitative estimate of drug-likeness (QED) is 0.582. The number of nitrogens with zero attached hydrogens (tertiary/aromatic N) is 2. The molecule has 0 saturated heterocycles. The van der Waals surface area contributed by atoms with Crippen molar-refractivity contribution in [2.75, 3.05) is 6.79 Å². The molecule has 2 aromatic rings. The lowest BCUT2D eigenvalue weighted by Crippen LogP contribution is -2.20. The van der Waals surface area contributed by atoms with E-state index in [0.29, 0.717) is 23.7 Å². The van der Waals surface area contributed by atoms with Crippen LogP contribution in [0.4, 0.5) is 0 Å². The first-order valence-corrected chi connectivity index (χ1v) is 6.33. The highest BCUT2D eigenvalue weighted by Gasteiger charge is 2.32. The Morgan fingerprint density at radius 1 is 1.25 bits per heavy atom. The Balaban J connectivity index is 1.85. The van der Waals surface area contributed by atoms with Crippen molar-refractivity contribution in [1.29, 1.82) is 0 Å². The van der Waals surface area contributed by atoms with Gasteiger partial charge >= 0.3 is 5.97 Å². The van der Waals surface area contributed by atoms with Crippen LogP contribution in [0.1, 0.15) is 23.5 Å². The second kappa shape index (κ2) is 4.00. The third-order valence-electron chi connectivity index (χ3n) is 3.60. The summed E-state index contributed by atoms with van der Waals surface area (Å²) in [6, 6.07) is 3.61. The molecule has 1 aromatic heterocycles. The maximum atomic E-state index is 11.8. The lowest BCUT2D eigenvalue weighted by molar-refractivity contribution is -0.135. The van der Waals surface area contributed by atoms with Crippen LogP contribution >= 0.6 is 0 Å². The number of ether oxygens (including phenoxy) is 3. The number of esters is 1. The minimum absolute atomic E-state index is 0.0607. The van der Waals surface area contributed by atoms with Crippen molar-refractivity contribution in [3.8, 4) is 17.2 Å². The number of hydrogen-bond donors (Lipinski definition) is 0. The van der Waals surface area contributed by atoms with Gasteiger partial charge in [-0.25, -0.2) is 0 Å². The molecule has 20 heavy (non-hydrogen) atoms. The molecule has 0 unspecified atom stereocenters. The van der Waals surface area contributed by atoms with Crippen molar-refractivity contribution < 1.29 is 19.0 Å². The van der Waals surface area contributed by atoms with Crippen LogP contribution in [0.25, 0.3) is 0 Å². The van der Waals surface area contributed by atoms with Crippen molar-refractivity contribution in [1.82, 2.24) is 9.78 Å². The van der Waals surface area contributed by atoms with Crippen LogP contribution in [-0.2, 0) is 11.8 Å². The summed E-state index contributed by atoms with van der Waals surface area (Å²) in [6.07, 6.45) is 3.99. The smallest absolute Gasteiger partial charge is 0.312 e. The van der Waals surface area contributed by atoms with Crippen molar-refractivity contribution in [2.45, 2.75) is 12.3 Å². The fourth-order valence-electron chi connectivity index (χ4n) is 2.66. The maximum Gasteiger partial charge on any atom is 0.312 e. The van der Waals surface area contributed by atoms with Crippen molar-refractivity contribution >= 4 is 5.97 Å². The van der Waals surface area contributed by atoms with Gasteiger partial charge in [0.25, 0.3) is 0 Å². The van der Waals surface area contributed by atoms with Gasteiger partial charge in [-0.05, 0) is 11.6 Å². The standard InChI is InChI=1S/C14H12N2O4/c1-16-6-8(5-15-16)9-3-14(17)20-11-4-13-12(2-10(9)11)18-7-19-13/h2,4-6,9H,3,7H2,1H3/t9-/m0/s1. The van der Waals surface area contributed by atoms with E-state index in [9.17, 15) is 4.79 Å². The van der Waals surface area contributed by atoms with Gasteiger partial charge in [0.1, 0.15) is 5.75 Å². The topological polar surface area (TPSA) is 62.6 Å². The molecule has 1 aromatic carbocycles. The van der Waals surface area contributed by atoms with Crippen LogP contribution in [0, 0.1) is 0 Å². The predicted molar refractivity (Wildman–Crippen MR) is 67.9 cm³/mol. The van der Waals surface area contributed by atoms with Gasteiger partial charge < -0.3 is 14.2 Å². The van der Waals surface area contributed by atoms with E-state index in [4.69, 9.17) is 14.2 Å². The number of benzene rings is 1. The predicted octanol–water partition coefficient (Wildman–Crippen LogP) is 1.59. The molecule has 6 nitrogen and oxygen atoms in total. The summed E-state index contributed by atoms with van der Waals surface area (Å²) in [5, 5.41) is 4.17. The zero-order valence-electron chi connectivity index (χ0n) is 10.8. The summed E-state index contributed by atoms with van der Waals surface area (Å²) in [4.78, 5) is 11.8. The van der Waals surface area contributed by atoms with E-state index in [2.05, 4.69) is 5.10 Å². The average molecular weight is 272 g/mol. The Kier molecular flexibility index (Phi) is 2.26. The number of carbonyl (C=O) groups is 1. The van der Waals surface area contributed by atoms with E-state index in [1.165, 1.54) is 0 Å². The van der Waals surface area contributed by atoms with E-state index >= 15 is 0 Å². The van der Waals surface area contributed by atoms with Crippen LogP contribution in [0.2, 0.25) is 0 Å². The highest BCUT2D eigenvalue weighted by atomic mass is 16.7. The first-order valence-electron chi connectivity index (χ1n) is 6.33. The molecule has 1 atom stereocenters. The third kappa shape index (κ3) is 1.65. The first-order chi connectivity index (χ1) is 9.70. The van der Waals surface area contributed by atoms with Crippen molar-refractivity contribution in [3.63, 3.8) is 0 Å². The van der Waals surface area contributed by atoms with E-state index in [1.54, 1.807) is 16.9 Å². The fraction of sp³-hybridized carbons (Fsp3) is 0.286. The molecule has 102 valence electrons. The molecule has 6 heteroatoms. The summed E-state index contributed by atoms with van der Waals surface area (Å²) in [6.45, 7) is 0.198. The summed E-state index contributed by atoms with van der Waals surface area (Å²) in [5.74, 6) is 1.54. The Morgan fingerprint density at radius 3 is 2.80 bits per heavy atom. The Bertz CT molecular complexity index is 707. The van der Waals surface area contributed by atoms with Gasteiger partial charge in [0.2, 0.25) is 6.79 Å². The van der Waals surface area contributed by atoms with Gasteiger partial charge in [-0.3, -0.25) is 9.48 Å². The summed E-state index contributed by atoms with van der Waals surface area (Å²) in [7, 11) is 1.85. The Morgan fingerprint density at radius 2 is 2.05 bits per heavy atom. The summed E-state index contributed by atoms with van der Waals surface area (Å²) >= 11 is 0. The zero-order valence-corrected chi connectivity index (χ0v) is 10.8. The van der Waals surface area contributed by atoms with Crippen LogP contribution < -0.4 is 14.2 Å². The van der Waals surface area contributed by atoms with Gasteiger partial charge in [0, 0.05) is 30.8 Å². The fourth-order valence-corrected chi connectivity index (χ4v) is 2.66. The van der Waals surface area contributed by atoms with Gasteiger partial charge in [-0.1, -0.05) is 0 Å². The molecule has 0 fully saturated rings. The minimum atomic E-state index is -0.245. The molecule has 0 aliphatic carbocycles. The molecule has 3 heterocycles. The molecule has 0 N–H and O–H groups in total. The van der Waals surface area contributed by atoms with Gasteiger partial charge in [-0.15, -0.1) is 0 Å². The molecule has 0 radical (unpaired) electrons. The second-order valence-electron chi connectivity index (χ2n) is 4.92. The number of carbonyl (C=O) groups excluding carboxylic acids is 1. The highest BCUT2D eigenvalue weighted by molar-refractivity contribution is 5.78. The highest BCUT2D eigenvalue weighted by Crippen LogP contribution is 2.45. The molecular formula is C14H12N2O4. The SMILES string of the molecule is Cn1cc([C@@H]2CC(=O)Oc3cc4c(cc32)OCO4)cn1. The van der Waals surface area contributed by atoms with Gasteiger partial charge in [0.05, 0.1) is 12.6 Å². The number of aromatic nitrogens is 2. The van der Waals surface area contributed by atoms with Crippen LogP contribution in [0.15, 0.2) is 24.5 Å². The van der Waals surface area contributed by atoms with Gasteiger partial charge in [-0.2, -0.15) is 5.10 Å². The van der Waals surface area contributed by atoms with Gasteiger partial charge in [0.15, 0.2) is 11.5 Å². The van der Waals surface area contributed by atoms with Crippen molar-refractivity contribution in [2.24, 2.45) is 7.05 Å². The molecule has 4 rings (SSSR count). The Labute approximate surface area is 114 Å². The molecule has 0 spiro atoms. The van der Waals surface area contributed by atoms with E-state index in [1.807, 2.05) is 19.3 Å². The molecular weight excluding hydrogens is 260 g/mol. The largest absolute Gasteiger partial charge is 0.454 e. The molecule has 2 aliphatic rings. The molecule has 0 amide bonds. The van der Waals surface area contributed by atoms with E-state index < -0.39 is 0 Å². The zero-order chi connectivity index (χ0) is 13.7. The maximum absolute atomic E-state index is 11.8. The summed E-state index contributed by atoms with van der Waals surface area (Å²) < 4.78 is 17.8. The van der Waals surface area contributed by atoms with Crippen LogP contribution in [0.3, 0.4) is 0 Å². The number of fused-ring (bicyclic) bond motifs is 2. The van der Waals surface area contributed by atoms with E-state index in [0.717, 1.165) is 11.1 Å². The van der Waals surface area contributed by atoms with Crippen molar-refractivity contribution in [3.05, 3.63) is 35.7 Å². The lowest BCUT2D eigenvalue weighted by atomic mass is 9.88. The number of hydrogen-bond acceptors (Lipinski definition) is 5. The average Bonchev–Trinajstić information content (AvgIpc) is 3.03. The Hall–Kier alpha value is -2.50. The number of aryl methyl sites for hydroxylation is 1. The van der Waals surface area contributed by atoms with E-state index in [-0.39, 0.29) is 18.7 Å². The van der Waals surface area contributed by atoms with Crippen LogP contribution in [-0.4, -0.2) is 22.5 Å². The normalized spacial score (nSPS) is 19.6. The lowest BCUT2D eigenvalue weighted by Gasteiger charge is -2.23. The third-order valence-corrected chi connectivity index (χ3v) is 3.60. The number of rotatable bonds is 1. The molecule has 0 saturated carbocycles. The second-order valence-corrected chi connectivity index (χ2v) is 4.92. The monoisotopic (exact) mass is 272 g/mol.